The maximum absolute atomic E-state index is 11.6. The molecule has 158 valence electrons. The van der Waals surface area contributed by atoms with E-state index in [1.54, 1.807) is 12.4 Å². The van der Waals surface area contributed by atoms with Crippen molar-refractivity contribution >= 4 is 6.09 Å². The molecule has 0 bridgehead atoms. The van der Waals surface area contributed by atoms with E-state index in [-0.39, 0.29) is 12.7 Å². The highest BCUT2D eigenvalue weighted by atomic mass is 16.5. The van der Waals surface area contributed by atoms with E-state index in [4.69, 9.17) is 4.74 Å². The fraction of sp³-hybridized carbons (Fsp3) is 0.667. The monoisotopic (exact) mass is 388 g/mol. The highest BCUT2D eigenvalue weighted by Gasteiger charge is 2.01. The van der Waals surface area contributed by atoms with Crippen LogP contribution in [0.4, 0.5) is 4.79 Å². The minimum Gasteiger partial charge on any atom is -0.445 e. The molecule has 1 heterocycles. The Labute approximate surface area is 172 Å². The number of hydrogen-bond acceptors (Lipinski definition) is 3. The standard InChI is InChI=1S/C24H40N2O2/c1-2-3-4-5-6-7-8-9-10-11-12-13-14-15-16-20-26-24(27)28-22-23-18-17-19-25-21-23/h9-10,17-19,21H,2-8,11-16,20,22H2,1H3,(H,26,27)/b10-9+. The summed E-state index contributed by atoms with van der Waals surface area (Å²) in [4.78, 5) is 15.6. The van der Waals surface area contributed by atoms with Gasteiger partial charge in [0.1, 0.15) is 6.61 Å². The Bertz CT molecular complexity index is 503. The van der Waals surface area contributed by atoms with E-state index in [9.17, 15) is 4.79 Å². The van der Waals surface area contributed by atoms with Gasteiger partial charge in [0.2, 0.25) is 0 Å². The van der Waals surface area contributed by atoms with Gasteiger partial charge in [-0.3, -0.25) is 4.98 Å². The van der Waals surface area contributed by atoms with Crippen molar-refractivity contribution in [2.45, 2.75) is 97.0 Å². The number of rotatable bonds is 17. The van der Waals surface area contributed by atoms with Crippen molar-refractivity contribution in [1.29, 1.82) is 0 Å². The van der Waals surface area contributed by atoms with Gasteiger partial charge in [-0.15, -0.1) is 0 Å². The highest BCUT2D eigenvalue weighted by Crippen LogP contribution is 2.09. The van der Waals surface area contributed by atoms with Crippen LogP contribution in [-0.2, 0) is 11.3 Å². The molecule has 0 aromatic carbocycles. The Hall–Kier alpha value is -1.84. The minimum atomic E-state index is -0.348. The molecule has 4 heteroatoms. The van der Waals surface area contributed by atoms with Crippen molar-refractivity contribution in [1.82, 2.24) is 10.3 Å². The molecular weight excluding hydrogens is 348 g/mol. The van der Waals surface area contributed by atoms with E-state index < -0.39 is 0 Å². The van der Waals surface area contributed by atoms with Gasteiger partial charge in [-0.1, -0.05) is 76.5 Å². The molecule has 0 radical (unpaired) electrons. The fourth-order valence-electron chi connectivity index (χ4n) is 3.07. The number of amides is 1. The summed E-state index contributed by atoms with van der Waals surface area (Å²) < 4.78 is 5.15. The van der Waals surface area contributed by atoms with Gasteiger partial charge in [-0.25, -0.2) is 4.79 Å². The van der Waals surface area contributed by atoms with E-state index in [1.165, 1.54) is 70.6 Å². The molecule has 0 saturated carbocycles. The van der Waals surface area contributed by atoms with E-state index in [0.717, 1.165) is 18.4 Å². The molecule has 4 nitrogen and oxygen atoms in total. The lowest BCUT2D eigenvalue weighted by Gasteiger charge is -2.06. The minimum absolute atomic E-state index is 0.270. The molecule has 0 aliphatic carbocycles. The van der Waals surface area contributed by atoms with Gasteiger partial charge >= 0.3 is 6.09 Å². The largest absolute Gasteiger partial charge is 0.445 e. The quantitative estimate of drug-likeness (QED) is 0.232. The predicted molar refractivity (Wildman–Crippen MR) is 117 cm³/mol. The number of nitrogens with zero attached hydrogens (tertiary/aromatic N) is 1. The third-order valence-electron chi connectivity index (χ3n) is 4.80. The van der Waals surface area contributed by atoms with Crippen molar-refractivity contribution in [3.8, 4) is 0 Å². The summed E-state index contributed by atoms with van der Waals surface area (Å²) in [6, 6.07) is 3.73. The van der Waals surface area contributed by atoms with Crippen molar-refractivity contribution in [3.63, 3.8) is 0 Å². The Morgan fingerprint density at radius 1 is 0.964 bits per heavy atom. The third-order valence-corrected chi connectivity index (χ3v) is 4.80. The maximum atomic E-state index is 11.6. The van der Waals surface area contributed by atoms with E-state index >= 15 is 0 Å². The number of pyridine rings is 1. The lowest BCUT2D eigenvalue weighted by molar-refractivity contribution is 0.139. The van der Waals surface area contributed by atoms with Crippen LogP contribution in [0, 0.1) is 0 Å². The molecule has 0 atom stereocenters. The number of allylic oxidation sites excluding steroid dienone is 2. The van der Waals surface area contributed by atoms with Crippen LogP contribution in [0.3, 0.4) is 0 Å². The normalized spacial score (nSPS) is 11.0. The number of ether oxygens (including phenoxy) is 1. The second-order valence-corrected chi connectivity index (χ2v) is 7.45. The number of carbonyl (C=O) groups excluding carboxylic acids is 1. The summed E-state index contributed by atoms with van der Waals surface area (Å²) in [6.45, 7) is 3.22. The second-order valence-electron chi connectivity index (χ2n) is 7.45. The van der Waals surface area contributed by atoms with Crippen LogP contribution in [0.5, 0.6) is 0 Å². The van der Waals surface area contributed by atoms with Gasteiger partial charge in [-0.05, 0) is 38.2 Å². The molecule has 0 fully saturated rings. The van der Waals surface area contributed by atoms with Gasteiger partial charge in [-0.2, -0.15) is 0 Å². The summed E-state index contributed by atoms with van der Waals surface area (Å²) in [6.07, 6.45) is 24.4. The predicted octanol–water partition coefficient (Wildman–Crippen LogP) is 6.96. The first-order valence-corrected chi connectivity index (χ1v) is 11.3. The molecular formula is C24H40N2O2. The van der Waals surface area contributed by atoms with Crippen molar-refractivity contribution in [3.05, 3.63) is 42.2 Å². The first-order valence-electron chi connectivity index (χ1n) is 11.3. The summed E-state index contributed by atoms with van der Waals surface area (Å²) in [5.74, 6) is 0. The van der Waals surface area contributed by atoms with Crippen LogP contribution in [0.2, 0.25) is 0 Å². The van der Waals surface area contributed by atoms with Gasteiger partial charge in [0.05, 0.1) is 0 Å². The molecule has 1 N–H and O–H groups in total. The van der Waals surface area contributed by atoms with Crippen LogP contribution in [0.25, 0.3) is 0 Å². The van der Waals surface area contributed by atoms with Gasteiger partial charge in [0.25, 0.3) is 0 Å². The molecule has 0 aliphatic heterocycles. The van der Waals surface area contributed by atoms with Gasteiger partial charge < -0.3 is 10.1 Å². The van der Waals surface area contributed by atoms with Crippen LogP contribution < -0.4 is 5.32 Å². The van der Waals surface area contributed by atoms with Crippen LogP contribution in [0.1, 0.15) is 96.0 Å². The molecule has 1 amide bonds. The number of carbonyl (C=O) groups is 1. The molecule has 1 aromatic heterocycles. The third kappa shape index (κ3) is 15.2. The smallest absolute Gasteiger partial charge is 0.407 e. The topological polar surface area (TPSA) is 51.2 Å². The number of nitrogens with one attached hydrogen (secondary N) is 1. The summed E-state index contributed by atoms with van der Waals surface area (Å²) in [5, 5.41) is 2.81. The first kappa shape index (κ1) is 24.2. The first-order chi connectivity index (χ1) is 13.8. The van der Waals surface area contributed by atoms with Gasteiger partial charge in [0, 0.05) is 24.5 Å². The van der Waals surface area contributed by atoms with E-state index in [0.29, 0.717) is 6.54 Å². The maximum Gasteiger partial charge on any atom is 0.407 e. The zero-order valence-corrected chi connectivity index (χ0v) is 17.8. The Kier molecular flexibility index (Phi) is 16.0. The summed E-state index contributed by atoms with van der Waals surface area (Å²) in [7, 11) is 0. The molecule has 28 heavy (non-hydrogen) atoms. The molecule has 1 aromatic rings. The average molecular weight is 389 g/mol. The van der Waals surface area contributed by atoms with E-state index in [2.05, 4.69) is 29.4 Å². The lowest BCUT2D eigenvalue weighted by Crippen LogP contribution is -2.25. The average Bonchev–Trinajstić information content (AvgIpc) is 2.72. The highest BCUT2D eigenvalue weighted by molar-refractivity contribution is 5.67. The second kappa shape index (κ2) is 18.5. The lowest BCUT2D eigenvalue weighted by atomic mass is 10.1. The molecule has 0 spiro atoms. The number of unbranched alkanes of at least 4 members (excludes halogenated alkanes) is 11. The molecule has 0 unspecified atom stereocenters. The van der Waals surface area contributed by atoms with Crippen molar-refractivity contribution in [2.24, 2.45) is 0 Å². The number of alkyl carbamates (subject to hydrolysis) is 1. The van der Waals surface area contributed by atoms with E-state index in [1.807, 2.05) is 12.1 Å². The van der Waals surface area contributed by atoms with Crippen molar-refractivity contribution in [2.75, 3.05) is 6.54 Å². The molecule has 1 rings (SSSR count). The van der Waals surface area contributed by atoms with Crippen LogP contribution >= 0.6 is 0 Å². The Morgan fingerprint density at radius 2 is 1.61 bits per heavy atom. The SMILES string of the molecule is CCCCCCCC/C=C/CCCCCCCNC(=O)OCc1cccnc1. The van der Waals surface area contributed by atoms with Gasteiger partial charge in [0.15, 0.2) is 0 Å². The number of hydrogen-bond donors (Lipinski definition) is 1. The van der Waals surface area contributed by atoms with Crippen LogP contribution in [0.15, 0.2) is 36.7 Å². The van der Waals surface area contributed by atoms with Crippen LogP contribution in [-0.4, -0.2) is 17.6 Å². The zero-order chi connectivity index (χ0) is 20.1. The zero-order valence-electron chi connectivity index (χ0n) is 17.8. The Morgan fingerprint density at radius 3 is 2.25 bits per heavy atom. The summed E-state index contributed by atoms with van der Waals surface area (Å²) in [5.41, 5.74) is 0.902. The molecule has 0 aliphatic rings. The Balaban J connectivity index is 1.80. The molecule has 0 saturated heterocycles. The van der Waals surface area contributed by atoms with Crippen molar-refractivity contribution < 1.29 is 9.53 Å². The fourth-order valence-corrected chi connectivity index (χ4v) is 3.07. The number of aromatic nitrogens is 1. The summed E-state index contributed by atoms with van der Waals surface area (Å²) >= 11 is 0.